The average Bonchev–Trinajstić information content (AvgIpc) is 3.09. The third kappa shape index (κ3) is 5.78. The summed E-state index contributed by atoms with van der Waals surface area (Å²) in [6.45, 7) is 4.50. The Morgan fingerprint density at radius 2 is 2.00 bits per heavy atom. The maximum atomic E-state index is 14.1. The number of hydroxylamine groups is 2. The van der Waals surface area contributed by atoms with Gasteiger partial charge in [-0.05, 0) is 37.7 Å². The van der Waals surface area contributed by atoms with Gasteiger partial charge in [0.05, 0.1) is 11.6 Å². The predicted molar refractivity (Wildman–Crippen MR) is 116 cm³/mol. The summed E-state index contributed by atoms with van der Waals surface area (Å²) in [5.41, 5.74) is -0.158. The van der Waals surface area contributed by atoms with Gasteiger partial charge in [0.15, 0.2) is 11.6 Å². The maximum Gasteiger partial charge on any atom is 0.268 e. The van der Waals surface area contributed by atoms with E-state index in [1.807, 2.05) is 13.8 Å². The number of rotatable bonds is 7. The van der Waals surface area contributed by atoms with Crippen molar-refractivity contribution in [3.05, 3.63) is 35.1 Å². The lowest BCUT2D eigenvalue weighted by Crippen LogP contribution is -2.53. The molecule has 1 N–H and O–H groups in total. The van der Waals surface area contributed by atoms with Crippen molar-refractivity contribution >= 4 is 29.0 Å². The second kappa shape index (κ2) is 10.6. The van der Waals surface area contributed by atoms with Crippen molar-refractivity contribution in [1.82, 2.24) is 15.3 Å². The molecule has 2 saturated heterocycles. The summed E-state index contributed by atoms with van der Waals surface area (Å²) < 4.78 is 41.3. The van der Waals surface area contributed by atoms with Crippen molar-refractivity contribution in [2.75, 3.05) is 13.2 Å². The highest BCUT2D eigenvalue weighted by Gasteiger charge is 2.34. The van der Waals surface area contributed by atoms with Crippen LogP contribution in [0.4, 0.5) is 13.2 Å². The highest BCUT2D eigenvalue weighted by atomic mass is 32.1. The zero-order valence-corrected chi connectivity index (χ0v) is 19.0. The number of thiocarbonyl (C=S) groups is 1. The molecule has 0 aliphatic carbocycles. The van der Waals surface area contributed by atoms with Gasteiger partial charge < -0.3 is 10.2 Å². The molecule has 0 unspecified atom stereocenters. The van der Waals surface area contributed by atoms with Crippen molar-refractivity contribution in [1.29, 1.82) is 0 Å². The van der Waals surface area contributed by atoms with E-state index in [0.717, 1.165) is 18.9 Å². The van der Waals surface area contributed by atoms with Crippen LogP contribution < -0.4 is 5.32 Å². The number of hydrogen-bond acceptors (Lipinski definition) is 4. The molecule has 2 amide bonds. The molecule has 0 radical (unpaired) electrons. The van der Waals surface area contributed by atoms with Gasteiger partial charge in [0.25, 0.3) is 5.91 Å². The molecule has 2 atom stereocenters. The first-order valence-corrected chi connectivity index (χ1v) is 11.2. The van der Waals surface area contributed by atoms with Crippen molar-refractivity contribution in [3.8, 4) is 0 Å². The second-order valence-corrected chi connectivity index (χ2v) is 9.02. The van der Waals surface area contributed by atoms with Crippen LogP contribution in [-0.4, -0.2) is 52.0 Å². The second-order valence-electron chi connectivity index (χ2n) is 8.55. The molecule has 0 spiro atoms. The minimum Gasteiger partial charge on any atom is -0.358 e. The van der Waals surface area contributed by atoms with Gasteiger partial charge in [0, 0.05) is 37.2 Å². The van der Waals surface area contributed by atoms with E-state index in [1.54, 1.807) is 4.90 Å². The number of hydrogen-bond donors (Lipinski definition) is 1. The molecule has 10 heteroatoms. The van der Waals surface area contributed by atoms with E-state index in [-0.39, 0.29) is 42.3 Å². The number of carbonyl (C=O) groups excluding carboxylic acids is 2. The lowest BCUT2D eigenvalue weighted by atomic mass is 10.0. The molecule has 6 nitrogen and oxygen atoms in total. The van der Waals surface area contributed by atoms with E-state index in [0.29, 0.717) is 37.0 Å². The molecule has 2 heterocycles. The van der Waals surface area contributed by atoms with Gasteiger partial charge in [0.2, 0.25) is 5.91 Å². The smallest absolute Gasteiger partial charge is 0.268 e. The molecule has 2 aliphatic heterocycles. The van der Waals surface area contributed by atoms with Crippen LogP contribution in [0.3, 0.4) is 0 Å². The quantitative estimate of drug-likeness (QED) is 0.487. The van der Waals surface area contributed by atoms with Crippen LogP contribution in [0, 0.1) is 23.4 Å². The van der Waals surface area contributed by atoms with Crippen LogP contribution in [0.1, 0.15) is 51.5 Å². The molecule has 0 bridgehead atoms. The Morgan fingerprint density at radius 1 is 1.25 bits per heavy atom. The number of benzene rings is 1. The highest BCUT2D eigenvalue weighted by Crippen LogP contribution is 2.27. The Balaban J connectivity index is 1.66. The third-order valence-corrected chi connectivity index (χ3v) is 6.22. The summed E-state index contributed by atoms with van der Waals surface area (Å²) in [5.74, 6) is -4.06. The van der Waals surface area contributed by atoms with Crippen LogP contribution in [0.2, 0.25) is 0 Å². The minimum atomic E-state index is -1.27. The monoisotopic (exact) mass is 471 g/mol. The SMILES string of the molecule is CC(C)[C@H](NC(=O)C[C@@H]1CCC(=S)N1Cc1cc(F)cc(F)c1F)C(=O)N1CCCCO1. The Bertz CT molecular complexity index is 877. The van der Waals surface area contributed by atoms with Crippen LogP contribution in [0.25, 0.3) is 0 Å². The summed E-state index contributed by atoms with van der Waals surface area (Å²) >= 11 is 5.34. The standard InChI is InChI=1S/C22H28F3N3O3S/c1-13(2)21(22(30)28-7-3-4-8-31-28)26-18(29)11-16-5-6-19(32)27(16)12-14-9-15(23)10-17(24)20(14)25/h9-10,13,16,21H,3-8,11-12H2,1-2H3,(H,26,29)/t16-,21-/m0/s1. The van der Waals surface area contributed by atoms with E-state index in [9.17, 15) is 22.8 Å². The first kappa shape index (κ1) is 24.4. The molecule has 3 rings (SSSR count). The Morgan fingerprint density at radius 3 is 2.66 bits per heavy atom. The molecular formula is C22H28F3N3O3S. The molecule has 1 aromatic carbocycles. The van der Waals surface area contributed by atoms with E-state index in [1.165, 1.54) is 5.06 Å². The molecular weight excluding hydrogens is 443 g/mol. The highest BCUT2D eigenvalue weighted by molar-refractivity contribution is 7.80. The Hall–Kier alpha value is -2.20. The third-order valence-electron chi connectivity index (χ3n) is 5.78. The molecule has 1 aromatic rings. The van der Waals surface area contributed by atoms with Gasteiger partial charge in [-0.2, -0.15) is 0 Å². The van der Waals surface area contributed by atoms with Crippen molar-refractivity contribution < 1.29 is 27.6 Å². The number of nitrogens with one attached hydrogen (secondary N) is 1. The van der Waals surface area contributed by atoms with Crippen molar-refractivity contribution in [2.24, 2.45) is 5.92 Å². The van der Waals surface area contributed by atoms with Gasteiger partial charge >= 0.3 is 0 Å². The number of likely N-dealkylation sites (tertiary alicyclic amines) is 1. The summed E-state index contributed by atoms with van der Waals surface area (Å²) in [7, 11) is 0. The first-order chi connectivity index (χ1) is 15.2. The van der Waals surface area contributed by atoms with E-state index in [2.05, 4.69) is 5.32 Å². The first-order valence-electron chi connectivity index (χ1n) is 10.8. The van der Waals surface area contributed by atoms with E-state index < -0.39 is 23.5 Å². The van der Waals surface area contributed by atoms with Gasteiger partial charge in [-0.25, -0.2) is 18.2 Å². The summed E-state index contributed by atoms with van der Waals surface area (Å²) in [6, 6.07) is 0.323. The van der Waals surface area contributed by atoms with Gasteiger partial charge in [0.1, 0.15) is 11.9 Å². The van der Waals surface area contributed by atoms with Crippen molar-refractivity contribution in [3.63, 3.8) is 0 Å². The summed E-state index contributed by atoms with van der Waals surface area (Å²) in [5, 5.41) is 4.11. The Kier molecular flexibility index (Phi) is 8.10. The summed E-state index contributed by atoms with van der Waals surface area (Å²) in [4.78, 5) is 33.2. The molecule has 0 saturated carbocycles. The topological polar surface area (TPSA) is 61.9 Å². The lowest BCUT2D eigenvalue weighted by molar-refractivity contribution is -0.200. The fraction of sp³-hybridized carbons (Fsp3) is 0.591. The normalized spacial score (nSPS) is 20.1. The number of amides is 2. The fourth-order valence-corrected chi connectivity index (χ4v) is 4.35. The summed E-state index contributed by atoms with van der Waals surface area (Å²) in [6.07, 6.45) is 2.82. The van der Waals surface area contributed by atoms with Crippen molar-refractivity contribution in [2.45, 2.75) is 64.6 Å². The van der Waals surface area contributed by atoms with Gasteiger partial charge in [-0.3, -0.25) is 14.4 Å². The number of nitrogens with zero attached hydrogens (tertiary/aromatic N) is 2. The maximum absolute atomic E-state index is 14.1. The van der Waals surface area contributed by atoms with Crippen LogP contribution in [0.5, 0.6) is 0 Å². The number of carbonyl (C=O) groups is 2. The molecule has 32 heavy (non-hydrogen) atoms. The Labute approximate surface area is 191 Å². The molecule has 0 aromatic heterocycles. The molecule has 2 fully saturated rings. The minimum absolute atomic E-state index is 0.0247. The van der Waals surface area contributed by atoms with Crippen LogP contribution in [0.15, 0.2) is 12.1 Å². The molecule has 176 valence electrons. The van der Waals surface area contributed by atoms with E-state index >= 15 is 0 Å². The van der Waals surface area contributed by atoms with Crippen LogP contribution in [-0.2, 0) is 21.0 Å². The lowest BCUT2D eigenvalue weighted by Gasteiger charge is -2.32. The molecule has 2 aliphatic rings. The average molecular weight is 472 g/mol. The largest absolute Gasteiger partial charge is 0.358 e. The van der Waals surface area contributed by atoms with Gasteiger partial charge in [-0.1, -0.05) is 26.1 Å². The predicted octanol–water partition coefficient (Wildman–Crippen LogP) is 3.48. The van der Waals surface area contributed by atoms with Crippen LogP contribution >= 0.6 is 12.2 Å². The zero-order valence-electron chi connectivity index (χ0n) is 18.2. The fourth-order valence-electron chi connectivity index (χ4n) is 4.02. The number of halogens is 3. The van der Waals surface area contributed by atoms with Gasteiger partial charge in [-0.15, -0.1) is 0 Å². The van der Waals surface area contributed by atoms with E-state index in [4.69, 9.17) is 17.1 Å². The zero-order chi connectivity index (χ0) is 23.4.